The van der Waals surface area contributed by atoms with Crippen LogP contribution in [0.1, 0.15) is 43.5 Å². The molecule has 0 N–H and O–H groups in total. The van der Waals surface area contributed by atoms with Crippen LogP contribution in [0.4, 0.5) is 0 Å². The summed E-state index contributed by atoms with van der Waals surface area (Å²) in [4.78, 5) is 10.4. The summed E-state index contributed by atoms with van der Waals surface area (Å²) in [6, 6.07) is 41.9. The lowest BCUT2D eigenvalue weighted by Gasteiger charge is -2.35. The Labute approximate surface area is 250 Å². The van der Waals surface area contributed by atoms with Crippen molar-refractivity contribution < 1.29 is 0 Å². The summed E-state index contributed by atoms with van der Waals surface area (Å²) in [5, 5.41) is 6.01. The molecule has 7 aromatic rings. The maximum Gasteiger partial charge on any atom is 0.0816 e. The van der Waals surface area contributed by atoms with Crippen molar-refractivity contribution in [1.29, 1.82) is 0 Å². The molecule has 2 unspecified atom stereocenters. The summed E-state index contributed by atoms with van der Waals surface area (Å²) in [6.45, 7) is 7.05. The maximum absolute atomic E-state index is 5.32. The summed E-state index contributed by atoms with van der Waals surface area (Å²) in [6.07, 6.45) is 2.38. The Morgan fingerprint density at radius 1 is 0.721 bits per heavy atom. The molecule has 2 aliphatic rings. The average Bonchev–Trinajstić information content (AvgIpc) is 3.37. The zero-order chi connectivity index (χ0) is 28.9. The highest BCUT2D eigenvalue weighted by molar-refractivity contribution is 6.13. The molecule has 0 spiro atoms. The Morgan fingerprint density at radius 3 is 2.47 bits per heavy atom. The number of aromatic nitrogens is 2. The third-order valence-electron chi connectivity index (χ3n) is 9.77. The predicted octanol–water partition coefficient (Wildman–Crippen LogP) is 8.43. The number of hydrogen-bond donors (Lipinski definition) is 0. The van der Waals surface area contributed by atoms with Gasteiger partial charge in [0.2, 0.25) is 0 Å². The van der Waals surface area contributed by atoms with E-state index in [9.17, 15) is 0 Å². The third-order valence-corrected chi connectivity index (χ3v) is 9.77. The van der Waals surface area contributed by atoms with Crippen molar-refractivity contribution in [2.45, 2.75) is 32.2 Å². The second-order valence-corrected chi connectivity index (χ2v) is 12.7. The minimum absolute atomic E-state index is 0.0623. The molecule has 4 heterocycles. The van der Waals surface area contributed by atoms with E-state index in [1.54, 1.807) is 0 Å². The molecule has 43 heavy (non-hydrogen) atoms. The molecule has 2 aromatic heterocycles. The highest BCUT2D eigenvalue weighted by atomic mass is 15.0. The van der Waals surface area contributed by atoms with Gasteiger partial charge in [-0.15, -0.1) is 0 Å². The summed E-state index contributed by atoms with van der Waals surface area (Å²) in [5.41, 5.74) is 10.8. The molecular formula is C40H31N3. The number of pyridine rings is 1. The van der Waals surface area contributed by atoms with Crippen LogP contribution in [-0.2, 0) is 5.41 Å². The van der Waals surface area contributed by atoms with E-state index in [2.05, 4.69) is 147 Å². The predicted molar refractivity (Wildman–Crippen MR) is 177 cm³/mol. The van der Waals surface area contributed by atoms with Crippen LogP contribution in [0.25, 0.3) is 55.7 Å². The highest BCUT2D eigenvalue weighted by Crippen LogP contribution is 2.49. The molecular weight excluding hydrogens is 522 g/mol. The molecule has 0 bridgehead atoms. The van der Waals surface area contributed by atoms with E-state index >= 15 is 0 Å². The lowest BCUT2D eigenvalue weighted by molar-refractivity contribution is 0.566. The fourth-order valence-electron chi connectivity index (χ4n) is 7.56. The zero-order valence-corrected chi connectivity index (χ0v) is 24.5. The van der Waals surface area contributed by atoms with Crippen molar-refractivity contribution in [3.8, 4) is 16.9 Å². The van der Waals surface area contributed by atoms with Gasteiger partial charge in [0.15, 0.2) is 0 Å². The van der Waals surface area contributed by atoms with Gasteiger partial charge in [0.25, 0.3) is 0 Å². The van der Waals surface area contributed by atoms with E-state index < -0.39 is 0 Å². The number of rotatable bonds is 2. The molecule has 0 saturated heterocycles. The van der Waals surface area contributed by atoms with Crippen LogP contribution in [0.3, 0.4) is 0 Å². The minimum Gasteiger partial charge on any atom is -0.309 e. The van der Waals surface area contributed by atoms with Crippen LogP contribution in [0.5, 0.6) is 0 Å². The molecule has 0 saturated carbocycles. The van der Waals surface area contributed by atoms with Crippen molar-refractivity contribution in [3.05, 3.63) is 143 Å². The number of para-hydroxylation sites is 3. The van der Waals surface area contributed by atoms with Crippen molar-refractivity contribution in [3.63, 3.8) is 0 Å². The SMILES string of the molecule is CC1C=c2ccccc2=NC1c1cc2c3c(c1)c1cc(-c4ccc5ccccc5n4)ccc1n3-c1ccccc1C2(C)C. The first kappa shape index (κ1) is 24.6. The number of hydrogen-bond acceptors (Lipinski definition) is 2. The number of benzene rings is 5. The normalized spacial score (nSPS) is 18.2. The van der Waals surface area contributed by atoms with E-state index in [1.807, 2.05) is 0 Å². The van der Waals surface area contributed by atoms with Crippen LogP contribution < -0.4 is 10.6 Å². The standard InChI is InChI=1S/C40H31N3/c1-24-20-26-11-5-8-14-34(26)42-38(24)28-22-30-29-21-27(35-18-16-25-10-4-7-13-33(25)41-35)17-19-36(29)43-37-15-9-6-12-31(37)40(2,3)32(23-28)39(30)43/h4-24,38H,1-3H3. The van der Waals surface area contributed by atoms with Gasteiger partial charge in [-0.05, 0) is 64.4 Å². The molecule has 5 aromatic carbocycles. The third kappa shape index (κ3) is 3.48. The first-order valence-corrected chi connectivity index (χ1v) is 15.2. The molecule has 2 aliphatic heterocycles. The van der Waals surface area contributed by atoms with Crippen LogP contribution in [0.15, 0.2) is 120 Å². The van der Waals surface area contributed by atoms with Gasteiger partial charge in [-0.1, -0.05) is 99.6 Å². The average molecular weight is 554 g/mol. The fourth-order valence-corrected chi connectivity index (χ4v) is 7.56. The molecule has 206 valence electrons. The van der Waals surface area contributed by atoms with Crippen LogP contribution in [0.2, 0.25) is 0 Å². The van der Waals surface area contributed by atoms with Crippen LogP contribution in [-0.4, -0.2) is 9.55 Å². The van der Waals surface area contributed by atoms with Gasteiger partial charge in [0, 0.05) is 33.1 Å². The molecule has 0 amide bonds. The summed E-state index contributed by atoms with van der Waals surface area (Å²) < 4.78 is 2.49. The summed E-state index contributed by atoms with van der Waals surface area (Å²) in [5.74, 6) is 0.296. The summed E-state index contributed by atoms with van der Waals surface area (Å²) in [7, 11) is 0. The molecule has 2 atom stereocenters. The van der Waals surface area contributed by atoms with Crippen molar-refractivity contribution in [2.24, 2.45) is 10.9 Å². The van der Waals surface area contributed by atoms with Gasteiger partial charge in [0.05, 0.1) is 39.3 Å². The summed E-state index contributed by atoms with van der Waals surface area (Å²) >= 11 is 0. The van der Waals surface area contributed by atoms with Gasteiger partial charge < -0.3 is 4.57 Å². The second kappa shape index (κ2) is 8.75. The van der Waals surface area contributed by atoms with E-state index in [4.69, 9.17) is 9.98 Å². The van der Waals surface area contributed by atoms with Crippen molar-refractivity contribution in [2.75, 3.05) is 0 Å². The van der Waals surface area contributed by atoms with Crippen molar-refractivity contribution in [1.82, 2.24) is 9.55 Å². The molecule has 3 nitrogen and oxygen atoms in total. The number of nitrogens with zero attached hydrogens (tertiary/aromatic N) is 3. The van der Waals surface area contributed by atoms with Crippen LogP contribution in [0, 0.1) is 5.92 Å². The van der Waals surface area contributed by atoms with E-state index in [0.29, 0.717) is 5.92 Å². The topological polar surface area (TPSA) is 30.2 Å². The second-order valence-electron chi connectivity index (χ2n) is 12.7. The van der Waals surface area contributed by atoms with E-state index in [1.165, 1.54) is 49.4 Å². The molecule has 0 fully saturated rings. The van der Waals surface area contributed by atoms with Crippen LogP contribution >= 0.6 is 0 Å². The Hall–Kier alpha value is -5.02. The van der Waals surface area contributed by atoms with Crippen molar-refractivity contribution >= 4 is 38.8 Å². The van der Waals surface area contributed by atoms with Gasteiger partial charge >= 0.3 is 0 Å². The van der Waals surface area contributed by atoms with Gasteiger partial charge in [-0.3, -0.25) is 4.99 Å². The molecule has 9 rings (SSSR count). The smallest absolute Gasteiger partial charge is 0.0816 e. The molecule has 0 radical (unpaired) electrons. The Kier molecular flexibility index (Phi) is 5.00. The zero-order valence-electron chi connectivity index (χ0n) is 24.5. The van der Waals surface area contributed by atoms with Gasteiger partial charge in [-0.25, -0.2) is 4.98 Å². The first-order chi connectivity index (χ1) is 21.0. The molecule has 3 heteroatoms. The van der Waals surface area contributed by atoms with E-state index in [-0.39, 0.29) is 11.5 Å². The fraction of sp³-hybridized carbons (Fsp3) is 0.150. The Bertz CT molecular complexity index is 2410. The Morgan fingerprint density at radius 2 is 1.53 bits per heavy atom. The molecule has 0 aliphatic carbocycles. The minimum atomic E-state index is -0.155. The lowest BCUT2D eigenvalue weighted by atomic mass is 9.73. The van der Waals surface area contributed by atoms with Gasteiger partial charge in [0.1, 0.15) is 0 Å². The Balaban J connectivity index is 1.35. The largest absolute Gasteiger partial charge is 0.309 e. The monoisotopic (exact) mass is 553 g/mol. The first-order valence-electron chi connectivity index (χ1n) is 15.2. The highest BCUT2D eigenvalue weighted by Gasteiger charge is 2.36. The lowest BCUT2D eigenvalue weighted by Crippen LogP contribution is -2.32. The number of fused-ring (bicyclic) bond motifs is 7. The van der Waals surface area contributed by atoms with E-state index in [0.717, 1.165) is 27.5 Å². The maximum atomic E-state index is 5.32. The van der Waals surface area contributed by atoms with Gasteiger partial charge in [-0.2, -0.15) is 0 Å². The quantitative estimate of drug-likeness (QED) is 0.211.